The van der Waals surface area contributed by atoms with Crippen LogP contribution in [0.2, 0.25) is 5.15 Å². The number of anilines is 1. The van der Waals surface area contributed by atoms with Crippen LogP contribution in [0.3, 0.4) is 0 Å². The van der Waals surface area contributed by atoms with Crippen molar-refractivity contribution in [2.24, 2.45) is 5.73 Å². The molecule has 1 aromatic heterocycles. The summed E-state index contributed by atoms with van der Waals surface area (Å²) >= 11 is 5.72. The van der Waals surface area contributed by atoms with E-state index in [1.165, 1.54) is 0 Å². The van der Waals surface area contributed by atoms with E-state index in [2.05, 4.69) is 15.3 Å². The Morgan fingerprint density at radius 3 is 2.68 bits per heavy atom. The molecule has 0 fully saturated rings. The van der Waals surface area contributed by atoms with Crippen molar-refractivity contribution in [3.05, 3.63) is 16.9 Å². The number of carbonyl (C=O) groups excluding carboxylic acids is 1. The summed E-state index contributed by atoms with van der Waals surface area (Å²) in [4.78, 5) is 19.5. The average molecular weight is 307 g/mol. The number of hydrogen-bond acceptors (Lipinski definition) is 6. The number of aryl methyl sites for hydroxylation is 1. The first-order chi connectivity index (χ1) is 8.67. The lowest BCUT2D eigenvalue weighted by Crippen LogP contribution is -2.37. The van der Waals surface area contributed by atoms with Crippen LogP contribution in [0.5, 0.6) is 0 Å². The minimum atomic E-state index is -3.15. The molecule has 1 amide bonds. The molecule has 19 heavy (non-hydrogen) atoms. The molecule has 0 aliphatic carbocycles. The van der Waals surface area contributed by atoms with Gasteiger partial charge in [-0.05, 0) is 19.4 Å². The monoisotopic (exact) mass is 306 g/mol. The van der Waals surface area contributed by atoms with E-state index >= 15 is 0 Å². The largest absolute Gasteiger partial charge is 0.320 e. The van der Waals surface area contributed by atoms with Crippen molar-refractivity contribution in [1.29, 1.82) is 0 Å². The van der Waals surface area contributed by atoms with E-state index < -0.39 is 21.8 Å². The fourth-order valence-electron chi connectivity index (χ4n) is 1.26. The minimum absolute atomic E-state index is 0.0320. The molecule has 0 spiro atoms. The van der Waals surface area contributed by atoms with Gasteiger partial charge in [0.2, 0.25) is 11.9 Å². The predicted octanol–water partition coefficient (Wildman–Crippen LogP) is 0.139. The van der Waals surface area contributed by atoms with E-state index in [1.807, 2.05) is 0 Å². The maximum atomic E-state index is 11.7. The molecule has 1 unspecified atom stereocenters. The lowest BCUT2D eigenvalue weighted by Gasteiger charge is -2.11. The van der Waals surface area contributed by atoms with Gasteiger partial charge in [0.15, 0.2) is 0 Å². The Labute approximate surface area is 116 Å². The van der Waals surface area contributed by atoms with Crippen LogP contribution < -0.4 is 11.1 Å². The summed E-state index contributed by atoms with van der Waals surface area (Å²) in [7, 11) is -3.15. The van der Waals surface area contributed by atoms with Gasteiger partial charge in [0.25, 0.3) is 0 Å². The smallest absolute Gasteiger partial charge is 0.243 e. The first-order valence-corrected chi connectivity index (χ1v) is 7.86. The van der Waals surface area contributed by atoms with Crippen molar-refractivity contribution in [3.8, 4) is 0 Å². The zero-order valence-corrected chi connectivity index (χ0v) is 12.1. The van der Waals surface area contributed by atoms with Gasteiger partial charge in [-0.1, -0.05) is 11.6 Å². The Morgan fingerprint density at radius 2 is 2.16 bits per heavy atom. The molecule has 1 atom stereocenters. The van der Waals surface area contributed by atoms with Gasteiger partial charge in [-0.15, -0.1) is 0 Å². The molecular weight excluding hydrogens is 292 g/mol. The first kappa shape index (κ1) is 15.8. The molecule has 9 heteroatoms. The number of sulfone groups is 1. The molecule has 106 valence electrons. The molecule has 0 saturated heterocycles. The maximum absolute atomic E-state index is 11.7. The number of amides is 1. The van der Waals surface area contributed by atoms with Gasteiger partial charge in [0.1, 0.15) is 15.0 Å². The Morgan fingerprint density at radius 1 is 1.53 bits per heavy atom. The summed E-state index contributed by atoms with van der Waals surface area (Å²) in [5.41, 5.74) is 6.18. The number of rotatable bonds is 5. The molecule has 0 aliphatic heterocycles. The maximum Gasteiger partial charge on any atom is 0.243 e. The summed E-state index contributed by atoms with van der Waals surface area (Å²) in [6, 6.07) is 0.596. The van der Waals surface area contributed by atoms with Gasteiger partial charge in [-0.2, -0.15) is 0 Å². The second-order valence-corrected chi connectivity index (χ2v) is 6.82. The predicted molar refractivity (Wildman–Crippen MR) is 72.7 cm³/mol. The number of halogens is 1. The Hall–Kier alpha value is -1.25. The average Bonchev–Trinajstić information content (AvgIpc) is 2.23. The van der Waals surface area contributed by atoms with Crippen LogP contribution in [-0.4, -0.2) is 42.3 Å². The molecule has 7 nitrogen and oxygen atoms in total. The third kappa shape index (κ3) is 5.95. The van der Waals surface area contributed by atoms with Crippen molar-refractivity contribution in [1.82, 2.24) is 9.97 Å². The zero-order chi connectivity index (χ0) is 14.6. The van der Waals surface area contributed by atoms with Gasteiger partial charge in [0.05, 0.1) is 11.8 Å². The number of hydrogen-bond donors (Lipinski definition) is 2. The molecule has 3 N–H and O–H groups in total. The number of nitrogens with two attached hydrogens (primary N) is 1. The topological polar surface area (TPSA) is 115 Å². The van der Waals surface area contributed by atoms with E-state index in [4.69, 9.17) is 17.3 Å². The molecule has 1 aromatic rings. The van der Waals surface area contributed by atoms with Crippen molar-refractivity contribution in [2.45, 2.75) is 19.4 Å². The number of carbonyl (C=O) groups is 1. The van der Waals surface area contributed by atoms with Crippen LogP contribution in [0.25, 0.3) is 0 Å². The highest BCUT2D eigenvalue weighted by Crippen LogP contribution is 2.09. The van der Waals surface area contributed by atoms with Crippen molar-refractivity contribution in [3.63, 3.8) is 0 Å². The highest BCUT2D eigenvalue weighted by molar-refractivity contribution is 7.90. The van der Waals surface area contributed by atoms with E-state index in [0.717, 1.165) is 6.26 Å². The van der Waals surface area contributed by atoms with Crippen LogP contribution in [0.1, 0.15) is 12.1 Å². The Balaban J connectivity index is 2.63. The van der Waals surface area contributed by atoms with Crippen molar-refractivity contribution < 1.29 is 13.2 Å². The zero-order valence-electron chi connectivity index (χ0n) is 10.6. The van der Waals surface area contributed by atoms with Crippen LogP contribution in [-0.2, 0) is 14.6 Å². The lowest BCUT2D eigenvalue weighted by molar-refractivity contribution is -0.117. The third-order valence-corrected chi connectivity index (χ3v) is 3.37. The second-order valence-electron chi connectivity index (χ2n) is 4.17. The van der Waals surface area contributed by atoms with Gasteiger partial charge in [0, 0.05) is 11.9 Å². The Kier molecular flexibility index (Phi) is 5.21. The normalized spacial score (nSPS) is 13.1. The SMILES string of the molecule is Cc1cc(Cl)nc(NC(=O)C(N)CCS(C)(=O)=O)n1. The van der Waals surface area contributed by atoms with Crippen LogP contribution in [0.4, 0.5) is 5.95 Å². The molecule has 0 radical (unpaired) electrons. The van der Waals surface area contributed by atoms with Crippen LogP contribution >= 0.6 is 11.6 Å². The number of nitrogens with zero attached hydrogens (tertiary/aromatic N) is 2. The molecular formula is C10H15ClN4O3S. The summed E-state index contributed by atoms with van der Waals surface area (Å²) in [5.74, 6) is -0.660. The van der Waals surface area contributed by atoms with E-state index in [1.54, 1.807) is 13.0 Å². The fraction of sp³-hybridized carbons (Fsp3) is 0.500. The highest BCUT2D eigenvalue weighted by Gasteiger charge is 2.17. The molecule has 0 aliphatic rings. The molecule has 1 rings (SSSR count). The summed E-state index contributed by atoms with van der Waals surface area (Å²) in [5, 5.41) is 2.60. The van der Waals surface area contributed by atoms with Gasteiger partial charge < -0.3 is 5.73 Å². The van der Waals surface area contributed by atoms with Gasteiger partial charge in [-0.3, -0.25) is 10.1 Å². The van der Waals surface area contributed by atoms with Crippen molar-refractivity contribution >= 4 is 33.3 Å². The van der Waals surface area contributed by atoms with E-state index in [9.17, 15) is 13.2 Å². The van der Waals surface area contributed by atoms with Crippen LogP contribution in [0.15, 0.2) is 6.07 Å². The molecule has 0 saturated carbocycles. The second kappa shape index (κ2) is 6.27. The summed E-state index contributed by atoms with van der Waals surface area (Å²) in [6.45, 7) is 1.70. The third-order valence-electron chi connectivity index (χ3n) is 2.19. The van der Waals surface area contributed by atoms with E-state index in [-0.39, 0.29) is 23.3 Å². The number of aromatic nitrogens is 2. The van der Waals surface area contributed by atoms with Crippen molar-refractivity contribution in [2.75, 3.05) is 17.3 Å². The quantitative estimate of drug-likeness (QED) is 0.748. The summed E-state index contributed by atoms with van der Waals surface area (Å²) < 4.78 is 22.0. The first-order valence-electron chi connectivity index (χ1n) is 5.43. The molecule has 0 bridgehead atoms. The van der Waals surface area contributed by atoms with Crippen LogP contribution in [0, 0.1) is 6.92 Å². The minimum Gasteiger partial charge on any atom is -0.320 e. The fourth-order valence-corrected chi connectivity index (χ4v) is 2.18. The Bertz CT molecular complexity index is 556. The van der Waals surface area contributed by atoms with E-state index in [0.29, 0.717) is 5.69 Å². The highest BCUT2D eigenvalue weighted by atomic mass is 35.5. The standard InChI is InChI=1S/C10H15ClN4O3S/c1-6-5-8(11)14-10(13-6)15-9(16)7(12)3-4-19(2,17)18/h5,7H,3-4,12H2,1-2H3,(H,13,14,15,16). The summed E-state index contributed by atoms with van der Waals surface area (Å²) in [6.07, 6.45) is 1.12. The molecule has 0 aromatic carbocycles. The molecule has 1 heterocycles. The van der Waals surface area contributed by atoms with Gasteiger partial charge in [-0.25, -0.2) is 18.4 Å². The van der Waals surface area contributed by atoms with Gasteiger partial charge >= 0.3 is 0 Å². The lowest BCUT2D eigenvalue weighted by atomic mass is 10.2. The number of nitrogens with one attached hydrogen (secondary N) is 1.